The zero-order valence-corrected chi connectivity index (χ0v) is 22.5. The van der Waals surface area contributed by atoms with Crippen molar-refractivity contribution in [3.63, 3.8) is 0 Å². The van der Waals surface area contributed by atoms with Crippen molar-refractivity contribution in [1.29, 1.82) is 0 Å². The van der Waals surface area contributed by atoms with Crippen LogP contribution in [0.5, 0.6) is 28.7 Å². The van der Waals surface area contributed by atoms with E-state index in [2.05, 4.69) is 35.0 Å². The number of hydrogen-bond acceptors (Lipinski definition) is 6. The Hall–Kier alpha value is -4.04. The minimum absolute atomic E-state index is 0. The van der Waals surface area contributed by atoms with Gasteiger partial charge >= 0.3 is 0 Å². The highest BCUT2D eigenvalue weighted by Gasteiger charge is 2.30. The third kappa shape index (κ3) is 3.62. The molecule has 4 aromatic carbocycles. The van der Waals surface area contributed by atoms with Crippen molar-refractivity contribution in [2.45, 2.75) is 13.0 Å². The molecule has 0 bridgehead atoms. The molecule has 2 aliphatic rings. The molecular formula is C30H24BrNO6. The average Bonchev–Trinajstić information content (AvgIpc) is 3.42. The fraction of sp³-hybridized carbons (Fsp3) is 0.200. The van der Waals surface area contributed by atoms with Gasteiger partial charge in [0.25, 0.3) is 0 Å². The molecule has 192 valence electrons. The van der Waals surface area contributed by atoms with Crippen LogP contribution in [-0.2, 0) is 13.0 Å². The lowest BCUT2D eigenvalue weighted by Gasteiger charge is -2.18. The number of ether oxygens (including phenoxy) is 5. The van der Waals surface area contributed by atoms with Gasteiger partial charge in [0.1, 0.15) is 5.75 Å². The Kier molecular flexibility index (Phi) is 5.99. The predicted octanol–water partition coefficient (Wildman–Crippen LogP) is 2.00. The predicted molar refractivity (Wildman–Crippen MR) is 138 cm³/mol. The van der Waals surface area contributed by atoms with Gasteiger partial charge < -0.3 is 40.7 Å². The molecular weight excluding hydrogens is 550 g/mol. The Bertz CT molecular complexity index is 1770. The highest BCUT2D eigenvalue weighted by molar-refractivity contribution is 6.17. The monoisotopic (exact) mass is 573 g/mol. The summed E-state index contributed by atoms with van der Waals surface area (Å²) in [7, 11) is 3.19. The molecule has 7 rings (SSSR count). The van der Waals surface area contributed by atoms with Gasteiger partial charge in [0.05, 0.1) is 30.4 Å². The number of ketones is 1. The van der Waals surface area contributed by atoms with E-state index in [4.69, 9.17) is 23.7 Å². The summed E-state index contributed by atoms with van der Waals surface area (Å²) in [5, 5.41) is 5.30. The van der Waals surface area contributed by atoms with E-state index in [0.29, 0.717) is 22.8 Å². The van der Waals surface area contributed by atoms with Gasteiger partial charge in [0.15, 0.2) is 48.1 Å². The molecule has 0 unspecified atom stereocenters. The molecule has 0 spiro atoms. The number of pyridine rings is 1. The van der Waals surface area contributed by atoms with Crippen molar-refractivity contribution in [1.82, 2.24) is 0 Å². The van der Waals surface area contributed by atoms with Gasteiger partial charge in [-0.15, -0.1) is 0 Å². The molecule has 0 N–H and O–H groups in total. The number of aromatic nitrogens is 1. The average molecular weight is 574 g/mol. The lowest BCUT2D eigenvalue weighted by Crippen LogP contribution is -3.00. The van der Waals surface area contributed by atoms with Gasteiger partial charge in [-0.1, -0.05) is 12.1 Å². The second-order valence-corrected chi connectivity index (χ2v) is 9.23. The molecule has 0 aliphatic carbocycles. The van der Waals surface area contributed by atoms with Gasteiger partial charge in [-0.2, -0.15) is 4.57 Å². The molecule has 3 heterocycles. The summed E-state index contributed by atoms with van der Waals surface area (Å²) >= 11 is 0. The highest BCUT2D eigenvalue weighted by Crippen LogP contribution is 2.46. The number of aryl methyl sites for hydroxylation is 2. The normalized spacial score (nSPS) is 13.1. The molecule has 0 radical (unpaired) electrons. The first-order valence-electron chi connectivity index (χ1n) is 12.2. The molecule has 7 nitrogen and oxygen atoms in total. The van der Waals surface area contributed by atoms with Crippen LogP contribution in [0.4, 0.5) is 0 Å². The van der Waals surface area contributed by atoms with Crippen molar-refractivity contribution < 1.29 is 50.0 Å². The summed E-state index contributed by atoms with van der Waals surface area (Å²) in [5.41, 5.74) is 2.96. The number of methoxy groups -OCH3 is 2. The number of nitrogens with zero attached hydrogens (tertiary/aromatic N) is 1. The lowest BCUT2D eigenvalue weighted by atomic mass is 9.93. The second-order valence-electron chi connectivity index (χ2n) is 9.23. The van der Waals surface area contributed by atoms with Crippen molar-refractivity contribution in [3.8, 4) is 28.7 Å². The summed E-state index contributed by atoms with van der Waals surface area (Å²) in [5.74, 6) is 3.25. The number of carbonyl (C=O) groups is 1. The number of rotatable bonds is 6. The minimum Gasteiger partial charge on any atom is -1.00 e. The van der Waals surface area contributed by atoms with Crippen molar-refractivity contribution in [2.24, 2.45) is 0 Å². The number of fused-ring (bicyclic) bond motifs is 4. The molecule has 0 amide bonds. The zero-order chi connectivity index (χ0) is 25.1. The third-order valence-electron chi connectivity index (χ3n) is 7.29. The van der Waals surface area contributed by atoms with E-state index >= 15 is 0 Å². The van der Waals surface area contributed by atoms with E-state index in [1.165, 1.54) is 10.9 Å². The van der Waals surface area contributed by atoms with Crippen LogP contribution in [-0.4, -0.2) is 33.4 Å². The zero-order valence-electron chi connectivity index (χ0n) is 20.9. The fourth-order valence-electron chi connectivity index (χ4n) is 5.56. The molecule has 0 saturated heterocycles. The lowest BCUT2D eigenvalue weighted by molar-refractivity contribution is -0.670. The summed E-state index contributed by atoms with van der Waals surface area (Å²) < 4.78 is 30.9. The minimum atomic E-state index is -0.139. The summed E-state index contributed by atoms with van der Waals surface area (Å²) in [6, 6.07) is 17.4. The first-order chi connectivity index (χ1) is 18.2. The quantitative estimate of drug-likeness (QED) is 0.176. The first kappa shape index (κ1) is 24.3. The molecule has 38 heavy (non-hydrogen) atoms. The SMILES string of the molecule is COc1cccc(C(=O)COc2c(OC)ccc3c2c[n+]2c4c3ccc3c5c(cc(c34)CC2)OCO5)c1.[Br-]. The summed E-state index contributed by atoms with van der Waals surface area (Å²) in [6.45, 7) is 0.947. The highest BCUT2D eigenvalue weighted by atomic mass is 79.9. The standard InChI is InChI=1S/C30H24NO6.BrH/c1-33-19-5-3-4-17(12-19)24(32)15-35-30-23-14-31-11-10-18-13-26-29(37-16-36-26)22-7-6-21(28(31)27(18)22)20(23)8-9-25(30)34-2;/h3-9,12-14H,10-11,15-16H2,1-2H3;1H/q+1;/p-1. The number of benzene rings is 4. The van der Waals surface area contributed by atoms with Crippen LogP contribution in [0.15, 0.2) is 60.8 Å². The van der Waals surface area contributed by atoms with E-state index in [0.717, 1.165) is 51.5 Å². The molecule has 0 atom stereocenters. The van der Waals surface area contributed by atoms with Crippen LogP contribution in [0, 0.1) is 0 Å². The van der Waals surface area contributed by atoms with Crippen molar-refractivity contribution in [2.75, 3.05) is 27.6 Å². The van der Waals surface area contributed by atoms with Crippen LogP contribution in [0.25, 0.3) is 32.4 Å². The van der Waals surface area contributed by atoms with Gasteiger partial charge in [-0.25, -0.2) is 0 Å². The van der Waals surface area contributed by atoms with Gasteiger partial charge in [-0.05, 0) is 48.0 Å². The fourth-order valence-corrected chi connectivity index (χ4v) is 5.56. The molecule has 0 saturated carbocycles. The van der Waals surface area contributed by atoms with E-state index < -0.39 is 0 Å². The van der Waals surface area contributed by atoms with Crippen LogP contribution in [0.2, 0.25) is 0 Å². The number of Topliss-reactive ketones (excluding diaryl/α,β-unsaturated/α-hetero) is 1. The smallest absolute Gasteiger partial charge is 0.231 e. The number of carbonyl (C=O) groups excluding carboxylic acids is 1. The Morgan fingerprint density at radius 3 is 2.63 bits per heavy atom. The molecule has 8 heteroatoms. The van der Waals surface area contributed by atoms with E-state index in [9.17, 15) is 4.79 Å². The van der Waals surface area contributed by atoms with Crippen LogP contribution in [0.3, 0.4) is 0 Å². The Morgan fingerprint density at radius 1 is 0.947 bits per heavy atom. The molecule has 2 aliphatic heterocycles. The Morgan fingerprint density at radius 2 is 1.79 bits per heavy atom. The van der Waals surface area contributed by atoms with Gasteiger partial charge in [0, 0.05) is 22.8 Å². The molecule has 1 aromatic heterocycles. The topological polar surface area (TPSA) is 67.1 Å². The largest absolute Gasteiger partial charge is 1.00 e. The van der Waals surface area contributed by atoms with E-state index in [1.54, 1.807) is 32.4 Å². The summed E-state index contributed by atoms with van der Waals surface area (Å²) in [6.07, 6.45) is 2.99. The Labute approximate surface area is 229 Å². The molecule has 5 aromatic rings. The maximum atomic E-state index is 13.0. The summed E-state index contributed by atoms with van der Waals surface area (Å²) in [4.78, 5) is 13.0. The van der Waals surface area contributed by atoms with Crippen LogP contribution in [0.1, 0.15) is 15.9 Å². The van der Waals surface area contributed by atoms with Crippen LogP contribution < -0.4 is 45.2 Å². The van der Waals surface area contributed by atoms with Crippen molar-refractivity contribution in [3.05, 3.63) is 71.9 Å². The van der Waals surface area contributed by atoms with Crippen molar-refractivity contribution >= 4 is 38.2 Å². The van der Waals surface area contributed by atoms with Gasteiger partial charge in [0.2, 0.25) is 12.3 Å². The number of halogens is 1. The maximum absolute atomic E-state index is 13.0. The van der Waals surface area contributed by atoms with Gasteiger partial charge in [-0.3, -0.25) is 4.79 Å². The van der Waals surface area contributed by atoms with Crippen LogP contribution >= 0.6 is 0 Å². The first-order valence-corrected chi connectivity index (χ1v) is 12.2. The number of hydrogen-bond donors (Lipinski definition) is 0. The van der Waals surface area contributed by atoms with E-state index in [1.807, 2.05) is 12.1 Å². The van der Waals surface area contributed by atoms with E-state index in [-0.39, 0.29) is 36.2 Å². The Balaban J connectivity index is 0.00000264. The molecule has 0 fully saturated rings. The third-order valence-corrected chi connectivity index (χ3v) is 7.29. The maximum Gasteiger partial charge on any atom is 0.231 e. The second kappa shape index (κ2) is 9.36.